The summed E-state index contributed by atoms with van der Waals surface area (Å²) in [5, 5.41) is 8.31. The zero-order valence-corrected chi connectivity index (χ0v) is 6.34. The van der Waals surface area contributed by atoms with Gasteiger partial charge >= 0.3 is 0 Å². The van der Waals surface area contributed by atoms with E-state index in [-0.39, 0.29) is 6.61 Å². The predicted octanol–water partition coefficient (Wildman–Crippen LogP) is 1.34. The molecular weight excluding hydrogens is 144 g/mol. The Kier molecular flexibility index (Phi) is 8.17. The van der Waals surface area contributed by atoms with Crippen molar-refractivity contribution in [2.45, 2.75) is 6.42 Å². The van der Waals surface area contributed by atoms with Gasteiger partial charge in [0.05, 0.1) is 6.61 Å². The second-order valence-electron chi connectivity index (χ2n) is 1.38. The van der Waals surface area contributed by atoms with Crippen LogP contribution in [0, 0.1) is 0 Å². The zero-order chi connectivity index (χ0) is 6.24. The molecule has 1 nitrogen and oxygen atoms in total. The van der Waals surface area contributed by atoms with Crippen molar-refractivity contribution in [3.8, 4) is 0 Å². The lowest BCUT2D eigenvalue weighted by Crippen LogP contribution is -1.88. The molecule has 0 radical (unpaired) electrons. The number of thioether (sulfide) groups is 1. The highest BCUT2D eigenvalue weighted by molar-refractivity contribution is 7.99. The topological polar surface area (TPSA) is 20.2 Å². The van der Waals surface area contributed by atoms with E-state index < -0.39 is 0 Å². The van der Waals surface area contributed by atoms with Crippen molar-refractivity contribution >= 4 is 23.4 Å². The molecule has 0 saturated carbocycles. The second-order valence-corrected chi connectivity index (χ2v) is 2.98. The minimum absolute atomic E-state index is 0.285. The van der Waals surface area contributed by atoms with E-state index in [1.165, 1.54) is 0 Å². The van der Waals surface area contributed by atoms with Gasteiger partial charge in [-0.1, -0.05) is 0 Å². The maximum Gasteiger partial charge on any atom is 0.0521 e. The Hall–Kier alpha value is 0.600. The van der Waals surface area contributed by atoms with Gasteiger partial charge in [0.2, 0.25) is 0 Å². The average Bonchev–Trinajstić information content (AvgIpc) is 1.81. The minimum Gasteiger partial charge on any atom is -0.396 e. The largest absolute Gasteiger partial charge is 0.396 e. The van der Waals surface area contributed by atoms with E-state index in [9.17, 15) is 0 Å². The molecule has 0 aliphatic rings. The van der Waals surface area contributed by atoms with Crippen LogP contribution in [0.15, 0.2) is 0 Å². The highest BCUT2D eigenvalue weighted by Crippen LogP contribution is 2.01. The summed E-state index contributed by atoms with van der Waals surface area (Å²) in [6, 6.07) is 0. The molecule has 50 valence electrons. The summed E-state index contributed by atoms with van der Waals surface area (Å²) in [6.07, 6.45) is 1.05. The molecule has 8 heavy (non-hydrogen) atoms. The quantitative estimate of drug-likeness (QED) is 0.477. The van der Waals surface area contributed by atoms with Crippen molar-refractivity contribution < 1.29 is 5.11 Å². The van der Waals surface area contributed by atoms with Crippen LogP contribution >= 0.6 is 23.4 Å². The van der Waals surface area contributed by atoms with Crippen molar-refractivity contribution in [2.24, 2.45) is 0 Å². The number of halogens is 1. The Morgan fingerprint density at radius 3 is 2.62 bits per heavy atom. The molecule has 0 amide bonds. The second kappa shape index (κ2) is 7.60. The molecule has 0 heterocycles. The summed E-state index contributed by atoms with van der Waals surface area (Å²) in [7, 11) is 0. The fourth-order valence-electron chi connectivity index (χ4n) is 0.323. The molecule has 0 atom stereocenters. The van der Waals surface area contributed by atoms with Crippen LogP contribution in [0.5, 0.6) is 0 Å². The molecule has 3 heteroatoms. The summed E-state index contributed by atoms with van der Waals surface area (Å²) >= 11 is 7.15. The normalized spacial score (nSPS) is 9.75. The number of aliphatic hydroxyl groups excluding tert-OH is 1. The highest BCUT2D eigenvalue weighted by atomic mass is 35.5. The molecule has 0 unspecified atom stereocenters. The molecule has 0 bridgehead atoms. The molecule has 0 aliphatic carbocycles. The summed E-state index contributed by atoms with van der Waals surface area (Å²) in [5.74, 6) is 2.65. The van der Waals surface area contributed by atoms with Crippen molar-refractivity contribution in [2.75, 3.05) is 24.0 Å². The van der Waals surface area contributed by atoms with E-state index in [4.69, 9.17) is 16.7 Å². The smallest absolute Gasteiger partial charge is 0.0521 e. The van der Waals surface area contributed by atoms with Gasteiger partial charge in [0.1, 0.15) is 0 Å². The number of rotatable bonds is 5. The first-order chi connectivity index (χ1) is 3.91. The van der Waals surface area contributed by atoms with Crippen LogP contribution in [-0.2, 0) is 0 Å². The maximum absolute atomic E-state index is 8.31. The van der Waals surface area contributed by atoms with Gasteiger partial charge in [-0.2, -0.15) is 11.8 Å². The third-order valence-electron chi connectivity index (χ3n) is 0.658. The van der Waals surface area contributed by atoms with Crippen molar-refractivity contribution in [3.63, 3.8) is 0 Å². The Morgan fingerprint density at radius 2 is 2.12 bits per heavy atom. The summed E-state index contributed by atoms with van der Waals surface area (Å²) in [4.78, 5) is 0. The first-order valence-electron chi connectivity index (χ1n) is 2.66. The molecule has 0 aromatic rings. The SMILES string of the molecule is OCCSCCCCl. The van der Waals surface area contributed by atoms with Gasteiger partial charge in [0, 0.05) is 11.6 Å². The monoisotopic (exact) mass is 154 g/mol. The van der Waals surface area contributed by atoms with Crippen LogP contribution in [0.2, 0.25) is 0 Å². The van der Waals surface area contributed by atoms with Gasteiger partial charge in [-0.05, 0) is 12.2 Å². The van der Waals surface area contributed by atoms with E-state index >= 15 is 0 Å². The van der Waals surface area contributed by atoms with Crippen molar-refractivity contribution in [3.05, 3.63) is 0 Å². The molecule has 0 aromatic heterocycles. The van der Waals surface area contributed by atoms with Crippen LogP contribution < -0.4 is 0 Å². The molecule has 0 fully saturated rings. The lowest BCUT2D eigenvalue weighted by molar-refractivity contribution is 0.322. The van der Waals surface area contributed by atoms with Crippen molar-refractivity contribution in [1.82, 2.24) is 0 Å². The third kappa shape index (κ3) is 6.60. The molecule has 0 aliphatic heterocycles. The summed E-state index contributed by atoms with van der Waals surface area (Å²) in [5.41, 5.74) is 0. The van der Waals surface area contributed by atoms with Gasteiger partial charge in [0.15, 0.2) is 0 Å². The first-order valence-corrected chi connectivity index (χ1v) is 4.35. The van der Waals surface area contributed by atoms with E-state index in [2.05, 4.69) is 0 Å². The Balaban J connectivity index is 2.53. The number of hydrogen-bond donors (Lipinski definition) is 1. The molecule has 0 rings (SSSR count). The van der Waals surface area contributed by atoms with Crippen LogP contribution in [0.1, 0.15) is 6.42 Å². The molecule has 0 saturated heterocycles. The van der Waals surface area contributed by atoms with E-state index in [0.29, 0.717) is 0 Å². The van der Waals surface area contributed by atoms with E-state index in [0.717, 1.165) is 23.8 Å². The molecular formula is C5H11ClOS. The van der Waals surface area contributed by atoms with Gasteiger partial charge < -0.3 is 5.11 Å². The van der Waals surface area contributed by atoms with E-state index in [1.807, 2.05) is 0 Å². The number of aliphatic hydroxyl groups is 1. The van der Waals surface area contributed by atoms with Crippen molar-refractivity contribution in [1.29, 1.82) is 0 Å². The third-order valence-corrected chi connectivity index (χ3v) is 1.97. The number of hydrogen-bond acceptors (Lipinski definition) is 2. The van der Waals surface area contributed by atoms with Crippen LogP contribution in [0.25, 0.3) is 0 Å². The van der Waals surface area contributed by atoms with Gasteiger partial charge in [0.25, 0.3) is 0 Å². The lowest BCUT2D eigenvalue weighted by atomic mass is 10.6. The molecule has 1 N–H and O–H groups in total. The zero-order valence-electron chi connectivity index (χ0n) is 4.77. The maximum atomic E-state index is 8.31. The lowest BCUT2D eigenvalue weighted by Gasteiger charge is -1.93. The average molecular weight is 155 g/mol. The summed E-state index contributed by atoms with van der Waals surface area (Å²) in [6.45, 7) is 0.285. The van der Waals surface area contributed by atoms with Gasteiger partial charge in [-0.25, -0.2) is 0 Å². The van der Waals surface area contributed by atoms with Crippen LogP contribution in [-0.4, -0.2) is 29.1 Å². The van der Waals surface area contributed by atoms with Crippen LogP contribution in [0.4, 0.5) is 0 Å². The Morgan fingerprint density at radius 1 is 1.38 bits per heavy atom. The number of alkyl halides is 1. The Bertz CT molecular complexity index is 37.4. The fraction of sp³-hybridized carbons (Fsp3) is 1.00. The highest BCUT2D eigenvalue weighted by Gasteiger charge is 1.84. The molecule has 0 spiro atoms. The first kappa shape index (κ1) is 8.60. The van der Waals surface area contributed by atoms with Gasteiger partial charge in [-0.3, -0.25) is 0 Å². The van der Waals surface area contributed by atoms with E-state index in [1.54, 1.807) is 11.8 Å². The standard InChI is InChI=1S/C5H11ClOS/c6-2-1-4-8-5-3-7/h7H,1-5H2. The fourth-order valence-corrected chi connectivity index (χ4v) is 1.30. The van der Waals surface area contributed by atoms with Gasteiger partial charge in [-0.15, -0.1) is 11.6 Å². The molecule has 0 aromatic carbocycles. The minimum atomic E-state index is 0.285. The summed E-state index contributed by atoms with van der Waals surface area (Å²) < 4.78 is 0. The van der Waals surface area contributed by atoms with Crippen LogP contribution in [0.3, 0.4) is 0 Å². The predicted molar refractivity (Wildman–Crippen MR) is 39.7 cm³/mol. The Labute approximate surface area is 59.4 Å².